The molecule has 0 aromatic carbocycles. The predicted octanol–water partition coefficient (Wildman–Crippen LogP) is 2.96. The monoisotopic (exact) mass is 235 g/mol. The zero-order valence-corrected chi connectivity index (χ0v) is 11.2. The van der Waals surface area contributed by atoms with Crippen LogP contribution in [0.25, 0.3) is 0 Å². The van der Waals surface area contributed by atoms with Crippen LogP contribution in [0.1, 0.15) is 51.6 Å². The fourth-order valence-corrected chi connectivity index (χ4v) is 2.83. The van der Waals surface area contributed by atoms with Crippen molar-refractivity contribution < 1.29 is 0 Å². The maximum absolute atomic E-state index is 4.24. The van der Waals surface area contributed by atoms with Crippen molar-refractivity contribution in [3.63, 3.8) is 0 Å². The van der Waals surface area contributed by atoms with Gasteiger partial charge < -0.3 is 9.88 Å². The number of nitrogens with zero attached hydrogens (tertiary/aromatic N) is 2. The first kappa shape index (κ1) is 12.6. The smallest absolute Gasteiger partial charge is 0.0948 e. The van der Waals surface area contributed by atoms with Crippen LogP contribution in [0.5, 0.6) is 0 Å². The summed E-state index contributed by atoms with van der Waals surface area (Å²) in [6, 6.07) is 0.641. The van der Waals surface area contributed by atoms with E-state index in [1.807, 2.05) is 12.5 Å². The van der Waals surface area contributed by atoms with Gasteiger partial charge in [-0.15, -0.1) is 0 Å². The van der Waals surface area contributed by atoms with Crippen molar-refractivity contribution >= 4 is 0 Å². The molecule has 0 bridgehead atoms. The standard InChI is InChI=1S/C14H25N3/c1-3-8-17-11-15-9-14(17)10-16-12(2)13-6-4-5-7-13/h9,11-13,16H,3-8,10H2,1-2H3. The van der Waals surface area contributed by atoms with Gasteiger partial charge in [-0.25, -0.2) is 4.98 Å². The highest BCUT2D eigenvalue weighted by Gasteiger charge is 2.21. The SMILES string of the molecule is CCCn1cncc1CNC(C)C1CCCC1. The summed E-state index contributed by atoms with van der Waals surface area (Å²) >= 11 is 0. The molecule has 2 rings (SSSR count). The summed E-state index contributed by atoms with van der Waals surface area (Å²) in [5.41, 5.74) is 1.32. The van der Waals surface area contributed by atoms with Gasteiger partial charge in [0, 0.05) is 25.3 Å². The summed E-state index contributed by atoms with van der Waals surface area (Å²) in [5.74, 6) is 0.887. The normalized spacial score (nSPS) is 18.7. The van der Waals surface area contributed by atoms with Gasteiger partial charge in [0.15, 0.2) is 0 Å². The molecule has 1 N–H and O–H groups in total. The van der Waals surface area contributed by atoms with E-state index in [2.05, 4.69) is 28.7 Å². The fourth-order valence-electron chi connectivity index (χ4n) is 2.83. The zero-order valence-electron chi connectivity index (χ0n) is 11.2. The molecule has 1 aliphatic carbocycles. The van der Waals surface area contributed by atoms with E-state index in [0.29, 0.717) is 6.04 Å². The maximum Gasteiger partial charge on any atom is 0.0948 e. The van der Waals surface area contributed by atoms with E-state index in [-0.39, 0.29) is 0 Å². The van der Waals surface area contributed by atoms with Crippen LogP contribution in [0.3, 0.4) is 0 Å². The molecular formula is C14H25N3. The molecule has 3 heteroatoms. The minimum absolute atomic E-state index is 0.641. The molecule has 0 aliphatic heterocycles. The molecule has 1 aromatic rings. The molecule has 0 spiro atoms. The Balaban J connectivity index is 1.81. The summed E-state index contributed by atoms with van der Waals surface area (Å²) in [5, 5.41) is 3.66. The second kappa shape index (κ2) is 6.20. The van der Waals surface area contributed by atoms with E-state index in [1.54, 1.807) is 0 Å². The quantitative estimate of drug-likeness (QED) is 0.821. The van der Waals surface area contributed by atoms with Gasteiger partial charge in [0.05, 0.1) is 12.0 Å². The van der Waals surface area contributed by atoms with E-state index in [9.17, 15) is 0 Å². The van der Waals surface area contributed by atoms with Gasteiger partial charge in [0.2, 0.25) is 0 Å². The van der Waals surface area contributed by atoms with Crippen LogP contribution in [0.4, 0.5) is 0 Å². The molecule has 0 radical (unpaired) electrons. The van der Waals surface area contributed by atoms with Gasteiger partial charge >= 0.3 is 0 Å². The predicted molar refractivity (Wildman–Crippen MR) is 70.8 cm³/mol. The molecule has 17 heavy (non-hydrogen) atoms. The molecule has 1 unspecified atom stereocenters. The third-order valence-corrected chi connectivity index (χ3v) is 3.98. The van der Waals surface area contributed by atoms with Crippen LogP contribution in [0, 0.1) is 5.92 Å². The molecule has 1 aliphatic rings. The van der Waals surface area contributed by atoms with E-state index in [1.165, 1.54) is 37.8 Å². The summed E-state index contributed by atoms with van der Waals surface area (Å²) in [6.45, 7) is 6.57. The number of imidazole rings is 1. The van der Waals surface area contributed by atoms with Crippen LogP contribution in [-0.2, 0) is 13.1 Å². The lowest BCUT2D eigenvalue weighted by molar-refractivity contribution is 0.376. The molecular weight excluding hydrogens is 210 g/mol. The Bertz CT molecular complexity index is 326. The van der Waals surface area contributed by atoms with Crippen molar-refractivity contribution in [2.75, 3.05) is 0 Å². The summed E-state index contributed by atoms with van der Waals surface area (Å²) in [6.07, 6.45) is 10.8. The molecule has 1 saturated carbocycles. The first-order chi connectivity index (χ1) is 8.31. The van der Waals surface area contributed by atoms with Gasteiger partial charge in [-0.3, -0.25) is 0 Å². The second-order valence-electron chi connectivity index (χ2n) is 5.29. The number of hydrogen-bond acceptors (Lipinski definition) is 2. The minimum Gasteiger partial charge on any atom is -0.333 e. The van der Waals surface area contributed by atoms with Crippen molar-refractivity contribution in [3.8, 4) is 0 Å². The van der Waals surface area contributed by atoms with Gasteiger partial charge in [0.1, 0.15) is 0 Å². The van der Waals surface area contributed by atoms with Crippen molar-refractivity contribution in [1.29, 1.82) is 0 Å². The van der Waals surface area contributed by atoms with E-state index >= 15 is 0 Å². The zero-order chi connectivity index (χ0) is 12.1. The van der Waals surface area contributed by atoms with Crippen molar-refractivity contribution in [2.24, 2.45) is 5.92 Å². The number of hydrogen-bond donors (Lipinski definition) is 1. The number of rotatable bonds is 6. The topological polar surface area (TPSA) is 29.9 Å². The second-order valence-corrected chi connectivity index (χ2v) is 5.29. The molecule has 3 nitrogen and oxygen atoms in total. The highest BCUT2D eigenvalue weighted by atomic mass is 15.1. The molecule has 1 fully saturated rings. The van der Waals surface area contributed by atoms with E-state index in [0.717, 1.165) is 19.0 Å². The van der Waals surface area contributed by atoms with Crippen molar-refractivity contribution in [1.82, 2.24) is 14.9 Å². The summed E-state index contributed by atoms with van der Waals surface area (Å²) in [4.78, 5) is 4.24. The van der Waals surface area contributed by atoms with Crippen molar-refractivity contribution in [3.05, 3.63) is 18.2 Å². The molecule has 1 heterocycles. The molecule has 96 valence electrons. The first-order valence-electron chi connectivity index (χ1n) is 7.03. The van der Waals surface area contributed by atoms with Crippen LogP contribution in [0.15, 0.2) is 12.5 Å². The Morgan fingerprint density at radius 3 is 2.94 bits per heavy atom. The average Bonchev–Trinajstić information content (AvgIpc) is 2.97. The summed E-state index contributed by atoms with van der Waals surface area (Å²) in [7, 11) is 0. The highest BCUT2D eigenvalue weighted by Crippen LogP contribution is 2.27. The van der Waals surface area contributed by atoms with E-state index in [4.69, 9.17) is 0 Å². The third kappa shape index (κ3) is 3.32. The van der Waals surface area contributed by atoms with Crippen molar-refractivity contribution in [2.45, 2.75) is 65.1 Å². The largest absolute Gasteiger partial charge is 0.333 e. The number of aromatic nitrogens is 2. The molecule has 0 saturated heterocycles. The Morgan fingerprint density at radius 2 is 2.24 bits per heavy atom. The van der Waals surface area contributed by atoms with Crippen LogP contribution in [-0.4, -0.2) is 15.6 Å². The maximum atomic E-state index is 4.24. The van der Waals surface area contributed by atoms with Gasteiger partial charge in [-0.1, -0.05) is 19.8 Å². The van der Waals surface area contributed by atoms with Crippen LogP contribution < -0.4 is 5.32 Å². The van der Waals surface area contributed by atoms with Gasteiger partial charge in [-0.2, -0.15) is 0 Å². The lowest BCUT2D eigenvalue weighted by Crippen LogP contribution is -2.32. The van der Waals surface area contributed by atoms with Crippen LogP contribution >= 0.6 is 0 Å². The molecule has 0 amide bonds. The number of aryl methyl sites for hydroxylation is 1. The highest BCUT2D eigenvalue weighted by molar-refractivity contribution is 4.98. The van der Waals surface area contributed by atoms with Gasteiger partial charge in [-0.05, 0) is 32.1 Å². The molecule has 1 aromatic heterocycles. The Kier molecular flexibility index (Phi) is 4.60. The lowest BCUT2D eigenvalue weighted by atomic mass is 10.00. The Labute approximate surface area is 105 Å². The lowest BCUT2D eigenvalue weighted by Gasteiger charge is -2.20. The van der Waals surface area contributed by atoms with E-state index < -0.39 is 0 Å². The fraction of sp³-hybridized carbons (Fsp3) is 0.786. The molecule has 1 atom stereocenters. The van der Waals surface area contributed by atoms with Gasteiger partial charge in [0.25, 0.3) is 0 Å². The first-order valence-corrected chi connectivity index (χ1v) is 7.03. The summed E-state index contributed by atoms with van der Waals surface area (Å²) < 4.78 is 2.26. The third-order valence-electron chi connectivity index (χ3n) is 3.98. The van der Waals surface area contributed by atoms with Crippen LogP contribution in [0.2, 0.25) is 0 Å². The Morgan fingerprint density at radius 1 is 1.47 bits per heavy atom. The minimum atomic E-state index is 0.641. The average molecular weight is 235 g/mol. The number of nitrogens with one attached hydrogen (secondary N) is 1. The Hall–Kier alpha value is -0.830.